The highest BCUT2D eigenvalue weighted by atomic mass is 16.6. The standard InChI is InChI=1S/C19H31NO6/c1-2-3-4-5-6-7-8-9-14-15(26-14)10-11-16(22)19(25)17(23)13(12-21)20-18(19)24/h10-11,13-15,17,21,23,25H,2-9,12H2,1H3,(H,20,24)/b11-10+/t13-,14+,15+,17-,19-/m1/s1. The number of nitrogens with one attached hydrogen (secondary N) is 1. The number of hydrogen-bond donors (Lipinski definition) is 4. The molecule has 5 atom stereocenters. The first kappa shape index (κ1) is 21.0. The number of unbranched alkanes of at least 4 members (excludes halogenated alkanes) is 6. The molecule has 0 radical (unpaired) electrons. The lowest BCUT2D eigenvalue weighted by atomic mass is 9.91. The van der Waals surface area contributed by atoms with Gasteiger partial charge in [-0.2, -0.15) is 0 Å². The van der Waals surface area contributed by atoms with Crippen LogP contribution in [0, 0.1) is 0 Å². The molecule has 0 saturated carbocycles. The number of hydrogen-bond acceptors (Lipinski definition) is 6. The SMILES string of the molecule is CCCCCCCCC[C@@H]1O[C@H]1/C=C/C(=O)[C@]1(O)C(=O)N[C@H](CO)[C@H]1O. The Morgan fingerprint density at radius 1 is 1.23 bits per heavy atom. The first-order valence-electron chi connectivity index (χ1n) is 9.65. The van der Waals surface area contributed by atoms with Crippen molar-refractivity contribution in [2.45, 2.75) is 88.2 Å². The van der Waals surface area contributed by atoms with E-state index in [1.807, 2.05) is 0 Å². The van der Waals surface area contributed by atoms with Crippen molar-refractivity contribution in [3.8, 4) is 0 Å². The molecule has 26 heavy (non-hydrogen) atoms. The number of aliphatic hydroxyl groups is 3. The van der Waals surface area contributed by atoms with E-state index in [1.165, 1.54) is 44.6 Å². The lowest BCUT2D eigenvalue weighted by Gasteiger charge is -2.21. The Bertz CT molecular complexity index is 522. The number of ether oxygens (including phenoxy) is 1. The molecule has 4 N–H and O–H groups in total. The van der Waals surface area contributed by atoms with E-state index in [4.69, 9.17) is 9.84 Å². The molecule has 2 saturated heterocycles. The molecular weight excluding hydrogens is 338 g/mol. The van der Waals surface area contributed by atoms with Gasteiger partial charge < -0.3 is 25.4 Å². The van der Waals surface area contributed by atoms with Crippen LogP contribution < -0.4 is 5.32 Å². The van der Waals surface area contributed by atoms with Crippen LogP contribution >= 0.6 is 0 Å². The van der Waals surface area contributed by atoms with E-state index in [9.17, 15) is 19.8 Å². The molecule has 0 spiro atoms. The molecule has 2 aliphatic rings. The summed E-state index contributed by atoms with van der Waals surface area (Å²) in [5.41, 5.74) is -2.55. The van der Waals surface area contributed by atoms with Gasteiger partial charge in [0.05, 0.1) is 18.8 Å². The predicted molar refractivity (Wildman–Crippen MR) is 95.4 cm³/mol. The minimum atomic E-state index is -2.55. The maximum absolute atomic E-state index is 12.2. The maximum Gasteiger partial charge on any atom is 0.263 e. The van der Waals surface area contributed by atoms with Crippen LogP contribution in [0.3, 0.4) is 0 Å². The number of ketones is 1. The van der Waals surface area contributed by atoms with Crippen LogP contribution in [0.1, 0.15) is 58.3 Å². The van der Waals surface area contributed by atoms with Crippen LogP contribution in [0.15, 0.2) is 12.2 Å². The second-order valence-electron chi connectivity index (χ2n) is 7.25. The Labute approximate surface area is 154 Å². The third-order valence-corrected chi connectivity index (χ3v) is 5.20. The van der Waals surface area contributed by atoms with E-state index in [2.05, 4.69) is 12.2 Å². The number of carbonyl (C=O) groups excluding carboxylic acids is 2. The molecule has 1 amide bonds. The minimum absolute atomic E-state index is 0.0804. The van der Waals surface area contributed by atoms with Crippen molar-refractivity contribution in [1.29, 1.82) is 0 Å². The molecule has 0 aromatic heterocycles. The van der Waals surface area contributed by atoms with Crippen LogP contribution in [0.25, 0.3) is 0 Å². The fourth-order valence-electron chi connectivity index (χ4n) is 3.36. The fourth-order valence-corrected chi connectivity index (χ4v) is 3.36. The molecule has 2 aliphatic heterocycles. The first-order chi connectivity index (χ1) is 12.4. The van der Waals surface area contributed by atoms with Crippen molar-refractivity contribution in [3.63, 3.8) is 0 Å². The Morgan fingerprint density at radius 2 is 1.88 bits per heavy atom. The highest BCUT2D eigenvalue weighted by Crippen LogP contribution is 2.30. The van der Waals surface area contributed by atoms with Gasteiger partial charge in [-0.3, -0.25) is 9.59 Å². The Morgan fingerprint density at radius 3 is 2.50 bits per heavy atom. The van der Waals surface area contributed by atoms with E-state index in [1.54, 1.807) is 0 Å². The molecule has 2 fully saturated rings. The van der Waals surface area contributed by atoms with Crippen LogP contribution in [0.5, 0.6) is 0 Å². The smallest absolute Gasteiger partial charge is 0.263 e. The molecule has 0 unspecified atom stereocenters. The molecule has 148 valence electrons. The third-order valence-electron chi connectivity index (χ3n) is 5.20. The summed E-state index contributed by atoms with van der Waals surface area (Å²) in [7, 11) is 0. The normalized spacial score (nSPS) is 33.6. The first-order valence-corrected chi connectivity index (χ1v) is 9.65. The van der Waals surface area contributed by atoms with Crippen LogP contribution in [-0.2, 0) is 14.3 Å². The van der Waals surface area contributed by atoms with E-state index >= 15 is 0 Å². The molecule has 0 aliphatic carbocycles. The average molecular weight is 369 g/mol. The number of epoxide rings is 1. The zero-order chi connectivity index (χ0) is 19.2. The van der Waals surface area contributed by atoms with E-state index in [0.29, 0.717) is 0 Å². The number of aliphatic hydroxyl groups excluding tert-OH is 2. The number of carbonyl (C=O) groups is 2. The maximum atomic E-state index is 12.2. The second kappa shape index (κ2) is 9.60. The molecule has 7 nitrogen and oxygen atoms in total. The zero-order valence-corrected chi connectivity index (χ0v) is 15.4. The van der Waals surface area contributed by atoms with Crippen molar-refractivity contribution in [1.82, 2.24) is 5.32 Å². The van der Waals surface area contributed by atoms with E-state index in [-0.39, 0.29) is 12.2 Å². The topological polar surface area (TPSA) is 119 Å². The zero-order valence-electron chi connectivity index (χ0n) is 15.4. The summed E-state index contributed by atoms with van der Waals surface area (Å²) in [6.07, 6.45) is 10.4. The fraction of sp³-hybridized carbons (Fsp3) is 0.789. The minimum Gasteiger partial charge on any atom is -0.394 e. The van der Waals surface area contributed by atoms with Crippen LogP contribution in [-0.4, -0.2) is 63.6 Å². The predicted octanol–water partition coefficient (Wildman–Crippen LogP) is 0.602. The van der Waals surface area contributed by atoms with Gasteiger partial charge in [-0.05, 0) is 18.6 Å². The van der Waals surface area contributed by atoms with Gasteiger partial charge in [0.1, 0.15) is 12.2 Å². The molecule has 0 aromatic carbocycles. The van der Waals surface area contributed by atoms with Crippen molar-refractivity contribution < 1.29 is 29.6 Å². The number of rotatable bonds is 12. The molecule has 0 aromatic rings. The van der Waals surface area contributed by atoms with E-state index < -0.39 is 36.0 Å². The summed E-state index contributed by atoms with van der Waals surface area (Å²) in [4.78, 5) is 24.0. The second-order valence-corrected chi connectivity index (χ2v) is 7.25. The summed E-state index contributed by atoms with van der Waals surface area (Å²) in [5, 5.41) is 31.4. The summed E-state index contributed by atoms with van der Waals surface area (Å²) in [5.74, 6) is -1.89. The molecule has 7 heteroatoms. The highest BCUT2D eigenvalue weighted by Gasteiger charge is 2.58. The third kappa shape index (κ3) is 4.91. The van der Waals surface area contributed by atoms with Crippen molar-refractivity contribution in [3.05, 3.63) is 12.2 Å². The van der Waals surface area contributed by atoms with E-state index in [0.717, 1.165) is 18.9 Å². The molecular formula is C19H31NO6. The lowest BCUT2D eigenvalue weighted by molar-refractivity contribution is -0.154. The summed E-state index contributed by atoms with van der Waals surface area (Å²) >= 11 is 0. The Hall–Kier alpha value is -1.28. The lowest BCUT2D eigenvalue weighted by Crippen LogP contribution is -2.52. The van der Waals surface area contributed by atoms with Crippen molar-refractivity contribution in [2.24, 2.45) is 0 Å². The molecule has 2 heterocycles. The summed E-state index contributed by atoms with van der Waals surface area (Å²) < 4.78 is 5.48. The van der Waals surface area contributed by atoms with Gasteiger partial charge in [0.25, 0.3) is 5.91 Å². The van der Waals surface area contributed by atoms with Crippen molar-refractivity contribution >= 4 is 11.7 Å². The van der Waals surface area contributed by atoms with Gasteiger partial charge in [0, 0.05) is 0 Å². The van der Waals surface area contributed by atoms with Gasteiger partial charge in [-0.1, -0.05) is 51.9 Å². The van der Waals surface area contributed by atoms with Gasteiger partial charge in [0.2, 0.25) is 5.60 Å². The monoisotopic (exact) mass is 369 g/mol. The van der Waals surface area contributed by atoms with Gasteiger partial charge >= 0.3 is 0 Å². The quantitative estimate of drug-likeness (QED) is 0.173. The molecule has 2 rings (SSSR count). The summed E-state index contributed by atoms with van der Waals surface area (Å²) in [6, 6.07) is -1.05. The Balaban J connectivity index is 1.69. The van der Waals surface area contributed by atoms with Gasteiger partial charge in [0.15, 0.2) is 5.78 Å². The Kier molecular flexibility index (Phi) is 7.76. The highest BCUT2D eigenvalue weighted by molar-refractivity contribution is 6.16. The summed E-state index contributed by atoms with van der Waals surface area (Å²) in [6.45, 7) is 1.64. The van der Waals surface area contributed by atoms with Gasteiger partial charge in [-0.25, -0.2) is 0 Å². The van der Waals surface area contributed by atoms with Crippen LogP contribution in [0.2, 0.25) is 0 Å². The average Bonchev–Trinajstić information content (AvgIpc) is 3.35. The largest absolute Gasteiger partial charge is 0.394 e. The number of amides is 1. The van der Waals surface area contributed by atoms with Gasteiger partial charge in [-0.15, -0.1) is 0 Å². The molecule has 0 bridgehead atoms. The van der Waals surface area contributed by atoms with Crippen molar-refractivity contribution in [2.75, 3.05) is 6.61 Å². The van der Waals surface area contributed by atoms with Crippen LogP contribution in [0.4, 0.5) is 0 Å².